The Kier molecular flexibility index (Phi) is 7.24. The minimum absolute atomic E-state index is 0.0414. The second kappa shape index (κ2) is 10.3. The maximum atomic E-state index is 14.4. The Bertz CT molecular complexity index is 1110. The molecule has 6 atom stereocenters. The molecular formula is C29H37N3O4S. The Morgan fingerprint density at radius 2 is 1.81 bits per heavy atom. The number of carbonyl (C=O) groups excluding carboxylic acids is 3. The molecule has 5 rings (SSSR count). The van der Waals surface area contributed by atoms with Crippen LogP contribution in [-0.4, -0.2) is 80.9 Å². The molecule has 198 valence electrons. The molecule has 0 saturated carbocycles. The van der Waals surface area contributed by atoms with Crippen LogP contribution in [0.15, 0.2) is 54.6 Å². The number of thioether (sulfide) groups is 1. The smallest absolute Gasteiger partial charge is 0.247 e. The van der Waals surface area contributed by atoms with Gasteiger partial charge in [-0.2, -0.15) is 0 Å². The highest BCUT2D eigenvalue weighted by Gasteiger charge is 2.71. The number of carbonyl (C=O) groups is 3. The third-order valence-electron chi connectivity index (χ3n) is 8.34. The van der Waals surface area contributed by atoms with Crippen LogP contribution in [0.25, 0.3) is 0 Å². The van der Waals surface area contributed by atoms with Gasteiger partial charge in [-0.1, -0.05) is 69.7 Å². The number of amides is 3. The number of hydrogen-bond acceptors (Lipinski definition) is 5. The minimum atomic E-state index is -0.855. The fourth-order valence-electron chi connectivity index (χ4n) is 6.49. The Morgan fingerprint density at radius 3 is 2.49 bits per heavy atom. The summed E-state index contributed by atoms with van der Waals surface area (Å²) < 4.78 is -0.855. The summed E-state index contributed by atoms with van der Waals surface area (Å²) in [5.41, 5.74) is 0.802. The quantitative estimate of drug-likeness (QED) is 0.556. The van der Waals surface area contributed by atoms with Gasteiger partial charge in [-0.05, 0) is 24.5 Å². The number of unbranched alkanes of at least 4 members (excludes halogenated alkanes) is 1. The molecule has 0 radical (unpaired) electrons. The Hall–Kier alpha value is -2.58. The van der Waals surface area contributed by atoms with Crippen LogP contribution in [0.2, 0.25) is 0 Å². The normalized spacial score (nSPS) is 31.9. The van der Waals surface area contributed by atoms with Crippen LogP contribution in [-0.2, 0) is 14.4 Å². The van der Waals surface area contributed by atoms with Gasteiger partial charge in [-0.15, -0.1) is 11.8 Å². The average Bonchev–Trinajstić information content (AvgIpc) is 3.20. The van der Waals surface area contributed by atoms with E-state index in [1.165, 1.54) is 0 Å². The van der Waals surface area contributed by atoms with E-state index in [4.69, 9.17) is 0 Å². The molecule has 7 nitrogen and oxygen atoms in total. The monoisotopic (exact) mass is 523 g/mol. The average molecular weight is 524 g/mol. The summed E-state index contributed by atoms with van der Waals surface area (Å²) in [5, 5.41) is 10.2. The summed E-state index contributed by atoms with van der Waals surface area (Å²) in [6, 6.07) is 8.32. The van der Waals surface area contributed by atoms with E-state index in [0.29, 0.717) is 19.6 Å². The third kappa shape index (κ3) is 4.13. The van der Waals surface area contributed by atoms with Crippen molar-refractivity contribution in [3.63, 3.8) is 0 Å². The summed E-state index contributed by atoms with van der Waals surface area (Å²) in [6.07, 6.45) is 9.98. The number of likely N-dealkylation sites (tertiary alicyclic amines) is 1. The third-order valence-corrected chi connectivity index (χ3v) is 10.1. The molecule has 4 aliphatic rings. The van der Waals surface area contributed by atoms with Crippen LogP contribution in [0, 0.1) is 17.8 Å². The van der Waals surface area contributed by atoms with Crippen molar-refractivity contribution in [3.8, 4) is 0 Å². The van der Waals surface area contributed by atoms with Crippen LogP contribution in [0.1, 0.15) is 33.6 Å². The van der Waals surface area contributed by atoms with Gasteiger partial charge in [0.1, 0.15) is 6.04 Å². The summed E-state index contributed by atoms with van der Waals surface area (Å²) in [4.78, 5) is 48.0. The molecule has 2 fully saturated rings. The Balaban J connectivity index is 1.61. The number of anilines is 1. The molecule has 1 aromatic rings. The van der Waals surface area contributed by atoms with E-state index in [1.54, 1.807) is 21.6 Å². The number of rotatable bonds is 7. The lowest BCUT2D eigenvalue weighted by atomic mass is 9.78. The molecule has 37 heavy (non-hydrogen) atoms. The summed E-state index contributed by atoms with van der Waals surface area (Å²) >= 11 is 1.59. The van der Waals surface area contributed by atoms with Gasteiger partial charge in [0, 0.05) is 30.6 Å². The number of para-hydroxylation sites is 1. The van der Waals surface area contributed by atoms with Gasteiger partial charge in [-0.25, -0.2) is 0 Å². The lowest BCUT2D eigenvalue weighted by molar-refractivity contribution is -0.146. The van der Waals surface area contributed by atoms with Crippen molar-refractivity contribution in [1.82, 2.24) is 9.80 Å². The molecule has 4 heterocycles. The zero-order valence-corrected chi connectivity index (χ0v) is 22.6. The molecule has 0 bridgehead atoms. The topological polar surface area (TPSA) is 81.2 Å². The Labute approximate surface area is 223 Å². The summed E-state index contributed by atoms with van der Waals surface area (Å²) in [6.45, 7) is 7.37. The van der Waals surface area contributed by atoms with Crippen molar-refractivity contribution in [2.45, 2.75) is 55.7 Å². The SMILES string of the molecule is CCCCN1CC=C[C@]23S[C@H]4C=CCN(c5ccccc5)C(=O)[C@H]4[C@H]2C(=O)N([C@@H](CO)C(C)C)C3C1=O. The lowest BCUT2D eigenvalue weighted by Gasteiger charge is -2.39. The molecule has 4 aliphatic heterocycles. The van der Waals surface area contributed by atoms with Crippen molar-refractivity contribution < 1.29 is 19.5 Å². The van der Waals surface area contributed by atoms with Gasteiger partial charge >= 0.3 is 0 Å². The van der Waals surface area contributed by atoms with Crippen molar-refractivity contribution in [2.75, 3.05) is 31.1 Å². The summed E-state index contributed by atoms with van der Waals surface area (Å²) in [7, 11) is 0. The van der Waals surface area contributed by atoms with Crippen LogP contribution in [0.3, 0.4) is 0 Å². The van der Waals surface area contributed by atoms with E-state index in [0.717, 1.165) is 18.5 Å². The fraction of sp³-hybridized carbons (Fsp3) is 0.552. The molecule has 8 heteroatoms. The molecule has 1 aromatic carbocycles. The predicted molar refractivity (Wildman–Crippen MR) is 146 cm³/mol. The second-order valence-corrected chi connectivity index (χ2v) is 12.3. The number of nitrogens with zero attached hydrogens (tertiary/aromatic N) is 3. The maximum Gasteiger partial charge on any atom is 0.247 e. The number of hydrogen-bond donors (Lipinski definition) is 1. The van der Waals surface area contributed by atoms with Gasteiger partial charge in [0.15, 0.2) is 0 Å². The van der Waals surface area contributed by atoms with Crippen molar-refractivity contribution >= 4 is 35.2 Å². The van der Waals surface area contributed by atoms with Gasteiger partial charge < -0.3 is 19.8 Å². The highest BCUT2D eigenvalue weighted by molar-refractivity contribution is 8.02. The standard InChI is InChI=1S/C29H37N3O4S/c1-4-5-15-30-16-10-14-29-24(27(35)32(25(29)28(30)36)21(18-33)19(2)3)23-22(37-29)13-9-17-31(26(23)34)20-11-7-6-8-12-20/h6-14,19,21-25,33H,4-5,15-18H2,1-3H3/t21-,22-,23+,24-,25?,29-/m0/s1. The summed E-state index contributed by atoms with van der Waals surface area (Å²) in [5.74, 6) is -1.65. The highest BCUT2D eigenvalue weighted by Crippen LogP contribution is 2.61. The molecular weight excluding hydrogens is 486 g/mol. The van der Waals surface area contributed by atoms with E-state index in [-0.39, 0.29) is 35.5 Å². The van der Waals surface area contributed by atoms with Gasteiger partial charge in [0.05, 0.1) is 29.2 Å². The molecule has 1 N–H and O–H groups in total. The van der Waals surface area contributed by atoms with Crippen molar-refractivity contribution in [3.05, 3.63) is 54.6 Å². The highest BCUT2D eigenvalue weighted by atomic mass is 32.2. The van der Waals surface area contributed by atoms with E-state index in [1.807, 2.05) is 67.3 Å². The van der Waals surface area contributed by atoms with E-state index in [9.17, 15) is 19.5 Å². The first kappa shape index (κ1) is 26.0. The zero-order valence-electron chi connectivity index (χ0n) is 21.8. The number of aliphatic hydroxyl groups is 1. The molecule has 2 saturated heterocycles. The van der Waals surface area contributed by atoms with Crippen molar-refractivity contribution in [2.24, 2.45) is 17.8 Å². The molecule has 3 amide bonds. The van der Waals surface area contributed by atoms with E-state index < -0.39 is 28.7 Å². The second-order valence-electron chi connectivity index (χ2n) is 10.8. The number of fused-ring (bicyclic) bond motifs is 2. The molecule has 1 unspecified atom stereocenters. The van der Waals surface area contributed by atoms with Crippen LogP contribution in [0.5, 0.6) is 0 Å². The van der Waals surface area contributed by atoms with E-state index >= 15 is 0 Å². The van der Waals surface area contributed by atoms with Crippen LogP contribution < -0.4 is 4.90 Å². The van der Waals surface area contributed by atoms with Gasteiger partial charge in [-0.3, -0.25) is 14.4 Å². The van der Waals surface area contributed by atoms with Crippen molar-refractivity contribution in [1.29, 1.82) is 0 Å². The lowest BCUT2D eigenvalue weighted by Crippen LogP contribution is -2.57. The minimum Gasteiger partial charge on any atom is -0.394 e. The first-order chi connectivity index (χ1) is 17.9. The van der Waals surface area contributed by atoms with E-state index in [2.05, 4.69) is 13.0 Å². The molecule has 1 spiro atoms. The molecule has 0 aromatic heterocycles. The first-order valence-electron chi connectivity index (χ1n) is 13.5. The number of aliphatic hydroxyl groups excluding tert-OH is 1. The molecule has 0 aliphatic carbocycles. The fourth-order valence-corrected chi connectivity index (χ4v) is 8.48. The first-order valence-corrected chi connectivity index (χ1v) is 14.3. The number of benzene rings is 1. The van der Waals surface area contributed by atoms with Crippen LogP contribution >= 0.6 is 11.8 Å². The zero-order chi connectivity index (χ0) is 26.3. The van der Waals surface area contributed by atoms with Crippen LogP contribution in [0.4, 0.5) is 5.69 Å². The largest absolute Gasteiger partial charge is 0.394 e. The Morgan fingerprint density at radius 1 is 1.05 bits per heavy atom. The maximum absolute atomic E-state index is 14.4. The predicted octanol–water partition coefficient (Wildman–Crippen LogP) is 3.10. The van der Waals surface area contributed by atoms with Gasteiger partial charge in [0.25, 0.3) is 0 Å². The van der Waals surface area contributed by atoms with Gasteiger partial charge in [0.2, 0.25) is 17.7 Å².